The van der Waals surface area contributed by atoms with E-state index in [4.69, 9.17) is 0 Å². The van der Waals surface area contributed by atoms with E-state index in [2.05, 4.69) is 23.9 Å². The van der Waals surface area contributed by atoms with Crippen molar-refractivity contribution in [3.63, 3.8) is 0 Å². The predicted molar refractivity (Wildman–Crippen MR) is 39.9 cm³/mol. The van der Waals surface area contributed by atoms with Gasteiger partial charge in [0.05, 0.1) is 7.11 Å². The molecule has 0 saturated heterocycles. The molecule has 60 valence electrons. The Morgan fingerprint density at radius 1 is 1.70 bits per heavy atom. The monoisotopic (exact) mass is 145 g/mol. The van der Waals surface area contributed by atoms with Crippen molar-refractivity contribution in [2.75, 3.05) is 13.7 Å². The number of rotatable bonds is 3. The Kier molecular flexibility index (Phi) is 4.72. The van der Waals surface area contributed by atoms with Gasteiger partial charge in [-0.2, -0.15) is 0 Å². The maximum Gasteiger partial charge on any atom is 0.406 e. The molecule has 0 heterocycles. The highest BCUT2D eigenvalue weighted by molar-refractivity contribution is 5.66. The van der Waals surface area contributed by atoms with Crippen LogP contribution in [0.3, 0.4) is 0 Å². The molecule has 0 unspecified atom stereocenters. The van der Waals surface area contributed by atoms with Gasteiger partial charge in [-0.25, -0.2) is 4.79 Å². The van der Waals surface area contributed by atoms with Crippen molar-refractivity contribution < 1.29 is 9.53 Å². The average Bonchev–Trinajstić information content (AvgIpc) is 1.99. The van der Waals surface area contributed by atoms with E-state index in [1.54, 1.807) is 0 Å². The molecule has 3 heteroatoms. The van der Waals surface area contributed by atoms with Crippen molar-refractivity contribution in [1.29, 1.82) is 0 Å². The number of methoxy groups -OCH3 is 1. The lowest BCUT2D eigenvalue weighted by Gasteiger charge is -2.08. The smallest absolute Gasteiger partial charge is 0.406 e. The van der Waals surface area contributed by atoms with Gasteiger partial charge in [0, 0.05) is 6.54 Å². The van der Waals surface area contributed by atoms with Crippen LogP contribution in [-0.2, 0) is 4.74 Å². The molecule has 0 radical (unpaired) electrons. The SMILES string of the molecule is CC[C@H](C)CNC(=O)OC. The molecule has 1 amide bonds. The number of alkyl carbamates (subject to hydrolysis) is 1. The molecule has 0 spiro atoms. The summed E-state index contributed by atoms with van der Waals surface area (Å²) >= 11 is 0. The molecule has 0 aliphatic heterocycles. The summed E-state index contributed by atoms with van der Waals surface area (Å²) in [5.41, 5.74) is 0. The Morgan fingerprint density at radius 3 is 2.70 bits per heavy atom. The van der Waals surface area contributed by atoms with Gasteiger partial charge in [0.15, 0.2) is 0 Å². The minimum absolute atomic E-state index is 0.347. The van der Waals surface area contributed by atoms with Gasteiger partial charge in [-0.15, -0.1) is 0 Å². The molecule has 0 aromatic rings. The summed E-state index contributed by atoms with van der Waals surface area (Å²) < 4.78 is 4.40. The predicted octanol–water partition coefficient (Wildman–Crippen LogP) is 1.39. The van der Waals surface area contributed by atoms with Crippen LogP contribution in [0, 0.1) is 5.92 Å². The molecule has 10 heavy (non-hydrogen) atoms. The topological polar surface area (TPSA) is 38.3 Å². The van der Waals surface area contributed by atoms with Gasteiger partial charge in [0.2, 0.25) is 0 Å². The molecule has 0 aromatic heterocycles. The van der Waals surface area contributed by atoms with Crippen molar-refractivity contribution >= 4 is 6.09 Å². The zero-order valence-corrected chi connectivity index (χ0v) is 6.81. The van der Waals surface area contributed by atoms with Crippen LogP contribution in [0.4, 0.5) is 4.79 Å². The maximum atomic E-state index is 10.5. The van der Waals surface area contributed by atoms with Gasteiger partial charge < -0.3 is 10.1 Å². The number of nitrogens with one attached hydrogen (secondary N) is 1. The van der Waals surface area contributed by atoms with Crippen LogP contribution >= 0.6 is 0 Å². The second-order valence-corrected chi connectivity index (χ2v) is 2.39. The van der Waals surface area contributed by atoms with Gasteiger partial charge in [0.25, 0.3) is 0 Å². The zero-order valence-electron chi connectivity index (χ0n) is 6.81. The van der Waals surface area contributed by atoms with Crippen molar-refractivity contribution in [2.45, 2.75) is 20.3 Å². The Labute approximate surface area is 61.8 Å². The molecule has 0 aliphatic carbocycles. The van der Waals surface area contributed by atoms with E-state index in [0.717, 1.165) is 6.42 Å². The van der Waals surface area contributed by atoms with Crippen LogP contribution < -0.4 is 5.32 Å². The Hall–Kier alpha value is -0.730. The first kappa shape index (κ1) is 9.27. The molecule has 0 bridgehead atoms. The van der Waals surface area contributed by atoms with Gasteiger partial charge in [-0.3, -0.25) is 0 Å². The second kappa shape index (κ2) is 5.09. The third-order valence-corrected chi connectivity index (χ3v) is 1.48. The molecule has 3 nitrogen and oxygen atoms in total. The van der Waals surface area contributed by atoms with Crippen LogP contribution in [0.25, 0.3) is 0 Å². The summed E-state index contributed by atoms with van der Waals surface area (Å²) in [6.45, 7) is 4.86. The highest BCUT2D eigenvalue weighted by atomic mass is 16.5. The van der Waals surface area contributed by atoms with Crippen LogP contribution in [0.15, 0.2) is 0 Å². The third kappa shape index (κ3) is 4.18. The van der Waals surface area contributed by atoms with E-state index in [1.807, 2.05) is 0 Å². The van der Waals surface area contributed by atoms with Gasteiger partial charge in [-0.05, 0) is 5.92 Å². The summed E-state index contributed by atoms with van der Waals surface area (Å²) in [6.07, 6.45) is 0.726. The minimum Gasteiger partial charge on any atom is -0.453 e. The van der Waals surface area contributed by atoms with E-state index in [0.29, 0.717) is 12.5 Å². The second-order valence-electron chi connectivity index (χ2n) is 2.39. The number of hydrogen-bond acceptors (Lipinski definition) is 2. The number of carbonyl (C=O) groups is 1. The van der Waals surface area contributed by atoms with E-state index in [-0.39, 0.29) is 6.09 Å². The molecule has 1 atom stereocenters. The fourth-order valence-corrected chi connectivity index (χ4v) is 0.474. The average molecular weight is 145 g/mol. The number of amides is 1. The quantitative estimate of drug-likeness (QED) is 0.651. The normalized spacial score (nSPS) is 12.3. The van der Waals surface area contributed by atoms with Crippen molar-refractivity contribution in [1.82, 2.24) is 5.32 Å². The molecular formula is C7H15NO2. The standard InChI is InChI=1S/C7H15NO2/c1-4-6(2)5-8-7(9)10-3/h6H,4-5H2,1-3H3,(H,8,9)/t6-/m0/s1. The van der Waals surface area contributed by atoms with Gasteiger partial charge in [0.1, 0.15) is 0 Å². The number of hydrogen-bond donors (Lipinski definition) is 1. The maximum absolute atomic E-state index is 10.5. The molecule has 0 fully saturated rings. The van der Waals surface area contributed by atoms with Crippen molar-refractivity contribution in [2.24, 2.45) is 5.92 Å². The van der Waals surface area contributed by atoms with E-state index in [9.17, 15) is 4.79 Å². The lowest BCUT2D eigenvalue weighted by atomic mass is 10.1. The summed E-state index contributed by atoms with van der Waals surface area (Å²) in [5.74, 6) is 0.527. The van der Waals surface area contributed by atoms with E-state index >= 15 is 0 Å². The van der Waals surface area contributed by atoms with Crippen LogP contribution in [0.2, 0.25) is 0 Å². The van der Waals surface area contributed by atoms with E-state index in [1.165, 1.54) is 7.11 Å². The third-order valence-electron chi connectivity index (χ3n) is 1.48. The zero-order chi connectivity index (χ0) is 7.98. The molecule has 0 aromatic carbocycles. The minimum atomic E-state index is -0.347. The summed E-state index contributed by atoms with van der Waals surface area (Å²) in [4.78, 5) is 10.5. The molecule has 0 saturated carbocycles. The lowest BCUT2D eigenvalue weighted by Crippen LogP contribution is -2.27. The highest BCUT2D eigenvalue weighted by Gasteiger charge is 2.01. The molecular weight excluding hydrogens is 130 g/mol. The largest absolute Gasteiger partial charge is 0.453 e. The summed E-state index contributed by atoms with van der Waals surface area (Å²) in [5, 5.41) is 2.62. The molecule has 0 aliphatic rings. The fourth-order valence-electron chi connectivity index (χ4n) is 0.474. The first-order valence-electron chi connectivity index (χ1n) is 3.52. The summed E-state index contributed by atoms with van der Waals surface area (Å²) in [7, 11) is 1.37. The van der Waals surface area contributed by atoms with Crippen LogP contribution in [0.5, 0.6) is 0 Å². The van der Waals surface area contributed by atoms with Crippen LogP contribution in [-0.4, -0.2) is 19.7 Å². The Bertz CT molecular complexity index is 104. The lowest BCUT2D eigenvalue weighted by molar-refractivity contribution is 0.169. The molecule has 0 rings (SSSR count). The fraction of sp³-hybridized carbons (Fsp3) is 0.857. The highest BCUT2D eigenvalue weighted by Crippen LogP contribution is 1.96. The Balaban J connectivity index is 3.26. The van der Waals surface area contributed by atoms with Gasteiger partial charge in [-0.1, -0.05) is 20.3 Å². The number of ether oxygens (including phenoxy) is 1. The van der Waals surface area contributed by atoms with Crippen LogP contribution in [0.1, 0.15) is 20.3 Å². The van der Waals surface area contributed by atoms with Crippen molar-refractivity contribution in [3.8, 4) is 0 Å². The number of carbonyl (C=O) groups excluding carboxylic acids is 1. The summed E-state index contributed by atoms with van der Waals surface area (Å²) in [6, 6.07) is 0. The first-order valence-corrected chi connectivity index (χ1v) is 3.52. The Morgan fingerprint density at radius 2 is 2.30 bits per heavy atom. The van der Waals surface area contributed by atoms with E-state index < -0.39 is 0 Å². The molecule has 1 N–H and O–H groups in total. The van der Waals surface area contributed by atoms with Gasteiger partial charge >= 0.3 is 6.09 Å². The van der Waals surface area contributed by atoms with Crippen molar-refractivity contribution in [3.05, 3.63) is 0 Å². The first-order chi connectivity index (χ1) is 4.70.